The highest BCUT2D eigenvalue weighted by Gasteiger charge is 2.49. The summed E-state index contributed by atoms with van der Waals surface area (Å²) in [4.78, 5) is 14.2. The van der Waals surface area contributed by atoms with E-state index in [0.717, 1.165) is 32.4 Å². The van der Waals surface area contributed by atoms with E-state index in [4.69, 9.17) is 5.73 Å². The quantitative estimate of drug-likeness (QED) is 0.767. The van der Waals surface area contributed by atoms with E-state index in [0.29, 0.717) is 5.91 Å². The van der Waals surface area contributed by atoms with Crippen LogP contribution in [0.25, 0.3) is 0 Å². The highest BCUT2D eigenvalue weighted by atomic mass is 35.5. The lowest BCUT2D eigenvalue weighted by Crippen LogP contribution is -2.55. The molecule has 1 heterocycles. The molecule has 0 spiro atoms. The second-order valence-corrected chi connectivity index (χ2v) is 6.17. The Kier molecular flexibility index (Phi) is 3.61. The van der Waals surface area contributed by atoms with Gasteiger partial charge in [0.15, 0.2) is 0 Å². The van der Waals surface area contributed by atoms with E-state index < -0.39 is 0 Å². The van der Waals surface area contributed by atoms with Crippen molar-refractivity contribution >= 4 is 18.3 Å². The molecule has 2 fully saturated rings. The Hall–Kier alpha value is -0.280. The first kappa shape index (κ1) is 13.8. The fourth-order valence-corrected chi connectivity index (χ4v) is 2.33. The van der Waals surface area contributed by atoms with Gasteiger partial charge in [-0.3, -0.25) is 4.79 Å². The molecule has 0 aromatic rings. The Balaban J connectivity index is 0.00000128. The number of amides is 1. The first-order valence-corrected chi connectivity index (χ1v) is 5.90. The summed E-state index contributed by atoms with van der Waals surface area (Å²) < 4.78 is 0. The van der Waals surface area contributed by atoms with Gasteiger partial charge in [-0.25, -0.2) is 0 Å². The summed E-state index contributed by atoms with van der Waals surface area (Å²) in [6, 6.07) is 0.230. The molecule has 1 unspecified atom stereocenters. The van der Waals surface area contributed by atoms with Crippen LogP contribution in [-0.4, -0.2) is 29.9 Å². The van der Waals surface area contributed by atoms with Crippen LogP contribution in [0.3, 0.4) is 0 Å². The van der Waals surface area contributed by atoms with Crippen LogP contribution in [0.15, 0.2) is 0 Å². The van der Waals surface area contributed by atoms with Crippen molar-refractivity contribution in [3.63, 3.8) is 0 Å². The molecule has 1 saturated carbocycles. The molecule has 0 aromatic heterocycles. The molecule has 1 aliphatic carbocycles. The average molecular weight is 247 g/mol. The zero-order chi connectivity index (χ0) is 11.3. The van der Waals surface area contributed by atoms with Gasteiger partial charge in [0.05, 0.1) is 0 Å². The number of carbonyl (C=O) groups excluding carboxylic acids is 1. The number of rotatable bonds is 1. The Labute approximate surface area is 104 Å². The van der Waals surface area contributed by atoms with Crippen LogP contribution in [-0.2, 0) is 4.79 Å². The number of halogens is 1. The first-order chi connectivity index (χ1) is 6.85. The van der Waals surface area contributed by atoms with Crippen molar-refractivity contribution in [1.29, 1.82) is 0 Å². The van der Waals surface area contributed by atoms with E-state index in [9.17, 15) is 4.79 Å². The van der Waals surface area contributed by atoms with Crippen molar-refractivity contribution in [1.82, 2.24) is 4.90 Å². The molecule has 1 amide bonds. The van der Waals surface area contributed by atoms with Crippen molar-refractivity contribution in [2.75, 3.05) is 13.1 Å². The molecule has 0 bridgehead atoms. The van der Waals surface area contributed by atoms with Gasteiger partial charge >= 0.3 is 0 Å². The number of hydrogen-bond donors (Lipinski definition) is 1. The lowest BCUT2D eigenvalue weighted by atomic mass is 9.79. The predicted octanol–water partition coefficient (Wildman–Crippen LogP) is 1.79. The molecule has 0 radical (unpaired) electrons. The number of nitrogens with zero attached hydrogens (tertiary/aromatic N) is 1. The normalized spacial score (nSPS) is 30.5. The third-order valence-electron chi connectivity index (χ3n) is 4.12. The van der Waals surface area contributed by atoms with Crippen molar-refractivity contribution in [2.24, 2.45) is 16.6 Å². The Morgan fingerprint density at radius 2 is 1.88 bits per heavy atom. The summed E-state index contributed by atoms with van der Waals surface area (Å²) in [5.41, 5.74) is 6.10. The summed E-state index contributed by atoms with van der Waals surface area (Å²) >= 11 is 0. The largest absolute Gasteiger partial charge is 0.342 e. The molecule has 2 rings (SSSR count). The maximum Gasteiger partial charge on any atom is 0.228 e. The van der Waals surface area contributed by atoms with Crippen LogP contribution in [0.4, 0.5) is 0 Å². The molecule has 1 atom stereocenters. The van der Waals surface area contributed by atoms with Gasteiger partial charge in [0, 0.05) is 24.5 Å². The highest BCUT2D eigenvalue weighted by Crippen LogP contribution is 2.47. The van der Waals surface area contributed by atoms with E-state index in [2.05, 4.69) is 20.8 Å². The molecule has 4 heteroatoms. The van der Waals surface area contributed by atoms with Gasteiger partial charge in [0.2, 0.25) is 5.91 Å². The van der Waals surface area contributed by atoms with E-state index in [1.807, 2.05) is 4.90 Å². The molecule has 2 N–H and O–H groups in total. The monoisotopic (exact) mass is 246 g/mol. The third kappa shape index (κ3) is 2.35. The molecule has 16 heavy (non-hydrogen) atoms. The number of carbonyl (C=O) groups is 1. The zero-order valence-corrected chi connectivity index (χ0v) is 11.3. The maximum atomic E-state index is 12.2. The second-order valence-electron chi connectivity index (χ2n) is 6.17. The molecular weight excluding hydrogens is 224 g/mol. The van der Waals surface area contributed by atoms with Gasteiger partial charge in [-0.15, -0.1) is 12.4 Å². The first-order valence-electron chi connectivity index (χ1n) is 5.90. The van der Waals surface area contributed by atoms with Gasteiger partial charge in [0.1, 0.15) is 0 Å². The lowest BCUT2D eigenvalue weighted by Gasteiger charge is -2.43. The molecule has 1 saturated heterocycles. The SMILES string of the molecule is CC1(C(=O)N2CCC(N)C(C)(C)C2)CC1.Cl. The number of nitrogens with two attached hydrogens (primary N) is 1. The minimum Gasteiger partial charge on any atom is -0.342 e. The molecule has 0 aromatic carbocycles. The fourth-order valence-electron chi connectivity index (χ4n) is 2.33. The topological polar surface area (TPSA) is 46.3 Å². The van der Waals surface area contributed by atoms with Crippen LogP contribution < -0.4 is 5.73 Å². The number of piperidine rings is 1. The Morgan fingerprint density at radius 1 is 1.31 bits per heavy atom. The van der Waals surface area contributed by atoms with Crippen LogP contribution in [0.2, 0.25) is 0 Å². The van der Waals surface area contributed by atoms with Crippen LogP contribution in [0.1, 0.15) is 40.0 Å². The maximum absolute atomic E-state index is 12.2. The third-order valence-corrected chi connectivity index (χ3v) is 4.12. The standard InChI is InChI=1S/C12H22N2O.ClH/c1-11(2)8-14(7-4-9(11)13)10(15)12(3)5-6-12;/h9H,4-8,13H2,1-3H3;1H. The Bertz CT molecular complexity index is 287. The van der Waals surface area contributed by atoms with Crippen LogP contribution in [0.5, 0.6) is 0 Å². The van der Waals surface area contributed by atoms with Crippen molar-refractivity contribution < 1.29 is 4.79 Å². The average Bonchev–Trinajstić information content (AvgIpc) is 2.89. The smallest absolute Gasteiger partial charge is 0.228 e. The molecule has 1 aliphatic heterocycles. The van der Waals surface area contributed by atoms with Gasteiger partial charge in [0.25, 0.3) is 0 Å². The number of hydrogen-bond acceptors (Lipinski definition) is 2. The molecular formula is C12H23ClN2O. The summed E-state index contributed by atoms with van der Waals surface area (Å²) in [7, 11) is 0. The summed E-state index contributed by atoms with van der Waals surface area (Å²) in [6.45, 7) is 8.07. The van der Waals surface area contributed by atoms with E-state index in [-0.39, 0.29) is 29.3 Å². The van der Waals surface area contributed by atoms with Crippen molar-refractivity contribution in [3.05, 3.63) is 0 Å². The van der Waals surface area contributed by atoms with Crippen molar-refractivity contribution in [2.45, 2.75) is 46.1 Å². The summed E-state index contributed by atoms with van der Waals surface area (Å²) in [5.74, 6) is 0.350. The van der Waals surface area contributed by atoms with Gasteiger partial charge < -0.3 is 10.6 Å². The van der Waals surface area contributed by atoms with Gasteiger partial charge in [-0.2, -0.15) is 0 Å². The van der Waals surface area contributed by atoms with Gasteiger partial charge in [-0.05, 0) is 24.7 Å². The van der Waals surface area contributed by atoms with E-state index in [1.54, 1.807) is 0 Å². The predicted molar refractivity (Wildman–Crippen MR) is 67.5 cm³/mol. The summed E-state index contributed by atoms with van der Waals surface area (Å²) in [6.07, 6.45) is 3.07. The minimum atomic E-state index is -0.0302. The summed E-state index contributed by atoms with van der Waals surface area (Å²) in [5, 5.41) is 0. The fraction of sp³-hybridized carbons (Fsp3) is 0.917. The van der Waals surface area contributed by atoms with Crippen molar-refractivity contribution in [3.8, 4) is 0 Å². The molecule has 3 nitrogen and oxygen atoms in total. The highest BCUT2D eigenvalue weighted by molar-refractivity contribution is 5.85. The number of likely N-dealkylation sites (tertiary alicyclic amines) is 1. The van der Waals surface area contributed by atoms with Crippen LogP contribution in [0, 0.1) is 10.8 Å². The molecule has 94 valence electrons. The van der Waals surface area contributed by atoms with Gasteiger partial charge in [-0.1, -0.05) is 20.8 Å². The molecule has 2 aliphatic rings. The van der Waals surface area contributed by atoms with E-state index in [1.165, 1.54) is 0 Å². The minimum absolute atomic E-state index is 0. The lowest BCUT2D eigenvalue weighted by molar-refractivity contribution is -0.139. The van der Waals surface area contributed by atoms with Crippen LogP contribution >= 0.6 is 12.4 Å². The van der Waals surface area contributed by atoms with E-state index >= 15 is 0 Å². The second kappa shape index (κ2) is 4.19. The Morgan fingerprint density at radius 3 is 2.31 bits per heavy atom. The zero-order valence-electron chi connectivity index (χ0n) is 10.5.